The first-order valence-electron chi connectivity index (χ1n) is 18.0. The van der Waals surface area contributed by atoms with Gasteiger partial charge in [0.25, 0.3) is 0 Å². The van der Waals surface area contributed by atoms with E-state index in [0.717, 1.165) is 52.8 Å². The second-order valence-corrected chi connectivity index (χ2v) is 14.6. The van der Waals surface area contributed by atoms with Crippen molar-refractivity contribution in [3.05, 3.63) is 149 Å². The number of H-pyrrole nitrogens is 2. The molecule has 2 aromatic heterocycles. The molecule has 0 unspecified atom stereocenters. The van der Waals surface area contributed by atoms with Crippen LogP contribution in [0.3, 0.4) is 0 Å². The molecule has 0 fully saturated rings. The Bertz CT molecular complexity index is 2270. The lowest BCUT2D eigenvalue weighted by Gasteiger charge is -2.38. The molecule has 2 atom stereocenters. The van der Waals surface area contributed by atoms with Crippen LogP contribution in [0.15, 0.2) is 92.6 Å². The summed E-state index contributed by atoms with van der Waals surface area (Å²) in [5, 5.41) is 2.30. The van der Waals surface area contributed by atoms with E-state index in [-0.39, 0.29) is 5.92 Å². The molecule has 2 aromatic carbocycles. The van der Waals surface area contributed by atoms with E-state index in [0.29, 0.717) is 0 Å². The number of benzene rings is 2. The number of aromatic nitrogens is 2. The number of aryl methyl sites for hydroxylation is 2. The van der Waals surface area contributed by atoms with Gasteiger partial charge in [-0.3, -0.25) is 4.99 Å². The van der Waals surface area contributed by atoms with E-state index in [1.54, 1.807) is 0 Å². The van der Waals surface area contributed by atoms with Crippen molar-refractivity contribution >= 4 is 23.6 Å². The predicted octanol–water partition coefficient (Wildman–Crippen LogP) is 9.04. The van der Waals surface area contributed by atoms with Gasteiger partial charge < -0.3 is 9.97 Å². The van der Waals surface area contributed by atoms with Crippen LogP contribution in [0.1, 0.15) is 103 Å². The molecule has 5 heterocycles. The third kappa shape index (κ3) is 5.37. The number of nitrogens with one attached hydrogen (secondary N) is 2. The molecular formula is C45H50N4. The number of nitrogens with zero attached hydrogens (tertiary/aromatic N) is 2. The van der Waals surface area contributed by atoms with Gasteiger partial charge in [0.2, 0.25) is 0 Å². The first kappa shape index (κ1) is 32.8. The summed E-state index contributed by atoms with van der Waals surface area (Å²) >= 11 is 0. The standard InChI is InChI=1S/C45H50N4/c1-11-35-30(8)38-21-37-27(5)28(6)44(48-37)43(34-19-15-26(4)16-20-34)45(24-33-17-13-25(3)14-18-33)32(10)29(7)40(49-45)22-39-31(9)36(12-2)42(47-39)23-41(35)46-38/h13-23,43,46,48H,11-12,24H2,1-10H3/t43-,45-/m1/s1. The van der Waals surface area contributed by atoms with Crippen molar-refractivity contribution in [1.82, 2.24) is 9.97 Å². The maximum absolute atomic E-state index is 5.90. The first-order chi connectivity index (χ1) is 23.4. The summed E-state index contributed by atoms with van der Waals surface area (Å²) in [7, 11) is 0. The van der Waals surface area contributed by atoms with Gasteiger partial charge in [-0.25, -0.2) is 4.99 Å². The molecule has 0 saturated carbocycles. The minimum Gasteiger partial charge on any atom is -0.358 e. The summed E-state index contributed by atoms with van der Waals surface area (Å²) in [5.41, 5.74) is 20.3. The smallest absolute Gasteiger partial charge is 0.0990 e. The summed E-state index contributed by atoms with van der Waals surface area (Å²) < 4.78 is 0. The minimum atomic E-state index is -0.551. The second kappa shape index (κ2) is 12.3. The average molecular weight is 647 g/mol. The van der Waals surface area contributed by atoms with Gasteiger partial charge in [0.05, 0.1) is 28.6 Å². The van der Waals surface area contributed by atoms with E-state index in [9.17, 15) is 0 Å². The zero-order chi connectivity index (χ0) is 34.8. The highest BCUT2D eigenvalue weighted by molar-refractivity contribution is 6.24. The van der Waals surface area contributed by atoms with Gasteiger partial charge in [0.1, 0.15) is 0 Å². The Morgan fingerprint density at radius 1 is 0.653 bits per heavy atom. The topological polar surface area (TPSA) is 56.3 Å². The monoisotopic (exact) mass is 646 g/mol. The van der Waals surface area contributed by atoms with E-state index < -0.39 is 5.54 Å². The molecule has 3 aliphatic heterocycles. The molecule has 4 nitrogen and oxygen atoms in total. The molecule has 0 aliphatic carbocycles. The summed E-state index contributed by atoms with van der Waals surface area (Å²) in [6, 6.07) is 18.2. The van der Waals surface area contributed by atoms with Crippen molar-refractivity contribution in [2.75, 3.05) is 0 Å². The molecule has 0 saturated heterocycles. The average Bonchev–Trinajstić information content (AvgIpc) is 3.72. The Morgan fingerprint density at radius 2 is 1.33 bits per heavy atom. The Hall–Kier alpha value is -4.70. The van der Waals surface area contributed by atoms with Gasteiger partial charge in [-0.1, -0.05) is 73.5 Å². The zero-order valence-corrected chi connectivity index (χ0v) is 30.9. The van der Waals surface area contributed by atoms with E-state index in [1.807, 2.05) is 0 Å². The number of hydrogen-bond acceptors (Lipinski definition) is 2. The molecule has 250 valence electrons. The maximum atomic E-state index is 5.90. The van der Waals surface area contributed by atoms with Gasteiger partial charge >= 0.3 is 0 Å². The van der Waals surface area contributed by atoms with Crippen molar-refractivity contribution < 1.29 is 0 Å². The lowest BCUT2D eigenvalue weighted by molar-refractivity contribution is 0.441. The summed E-state index contributed by atoms with van der Waals surface area (Å²) in [5.74, 6) is -0.0423. The number of rotatable bonds is 5. The van der Waals surface area contributed by atoms with Crippen molar-refractivity contribution in [2.24, 2.45) is 9.98 Å². The van der Waals surface area contributed by atoms with Crippen LogP contribution in [0.4, 0.5) is 0 Å². The number of fused-ring (bicyclic) bond motifs is 6. The predicted molar refractivity (Wildman–Crippen MR) is 207 cm³/mol. The highest BCUT2D eigenvalue weighted by Gasteiger charge is 2.48. The Labute approximate surface area is 291 Å². The zero-order valence-electron chi connectivity index (χ0n) is 30.9. The van der Waals surface area contributed by atoms with Crippen molar-refractivity contribution in [3.8, 4) is 0 Å². The van der Waals surface area contributed by atoms with Crippen LogP contribution in [-0.4, -0.2) is 26.9 Å². The fraction of sp³-hybridized carbons (Fsp3) is 0.333. The number of aliphatic imine (C=N–C) groups is 2. The maximum Gasteiger partial charge on any atom is 0.0990 e. The van der Waals surface area contributed by atoms with Crippen molar-refractivity contribution in [3.63, 3.8) is 0 Å². The first-order valence-corrected chi connectivity index (χ1v) is 18.0. The van der Waals surface area contributed by atoms with Gasteiger partial charge in [-0.2, -0.15) is 0 Å². The normalized spacial score (nSPS) is 20.3. The van der Waals surface area contributed by atoms with Gasteiger partial charge in [0, 0.05) is 28.5 Å². The van der Waals surface area contributed by atoms with Crippen LogP contribution in [0.5, 0.6) is 0 Å². The minimum absolute atomic E-state index is 0.0423. The molecule has 0 radical (unpaired) electrons. The fourth-order valence-electron chi connectivity index (χ4n) is 8.37. The molecule has 7 rings (SSSR count). The van der Waals surface area contributed by atoms with Crippen LogP contribution < -0.4 is 10.7 Å². The largest absolute Gasteiger partial charge is 0.358 e. The Kier molecular flexibility index (Phi) is 8.25. The number of hydrogen-bond donors (Lipinski definition) is 2. The fourth-order valence-corrected chi connectivity index (χ4v) is 8.37. The molecule has 49 heavy (non-hydrogen) atoms. The van der Waals surface area contributed by atoms with E-state index in [2.05, 4.69) is 146 Å². The SMILES string of the molecule is CCC1=C(C)C2=CC3=N[C@](Cc4ccc(C)cc4)(C(C)=C3C)[C@H](c3ccc(C)cc3)c3[nH]c(c(C)c3C)C=c3[nH]c(c(CC)c3C)=CC1=N2. The third-order valence-electron chi connectivity index (χ3n) is 11.7. The molecule has 3 aliphatic rings. The third-order valence-corrected chi connectivity index (χ3v) is 11.7. The van der Waals surface area contributed by atoms with Crippen LogP contribution in [-0.2, 0) is 12.8 Å². The summed E-state index contributed by atoms with van der Waals surface area (Å²) in [6.07, 6.45) is 9.52. The van der Waals surface area contributed by atoms with Crippen LogP contribution >= 0.6 is 0 Å². The van der Waals surface area contributed by atoms with Crippen molar-refractivity contribution in [1.29, 1.82) is 0 Å². The van der Waals surface area contributed by atoms with Crippen LogP contribution in [0.25, 0.3) is 12.2 Å². The molecule has 0 amide bonds. The molecule has 8 bridgehead atoms. The number of aromatic amines is 2. The molecule has 4 aromatic rings. The highest BCUT2D eigenvalue weighted by Crippen LogP contribution is 2.50. The molecular weight excluding hydrogens is 597 g/mol. The summed E-state index contributed by atoms with van der Waals surface area (Å²) in [6.45, 7) is 22.4. The van der Waals surface area contributed by atoms with Crippen LogP contribution in [0.2, 0.25) is 0 Å². The Balaban J connectivity index is 1.62. The van der Waals surface area contributed by atoms with Gasteiger partial charge in [-0.15, -0.1) is 0 Å². The molecule has 2 N–H and O–H groups in total. The molecule has 4 heteroatoms. The lowest BCUT2D eigenvalue weighted by Crippen LogP contribution is -2.38. The lowest BCUT2D eigenvalue weighted by atomic mass is 9.69. The van der Waals surface area contributed by atoms with E-state index in [1.165, 1.54) is 72.5 Å². The van der Waals surface area contributed by atoms with Gasteiger partial charge in [-0.05, 0) is 142 Å². The van der Waals surface area contributed by atoms with Crippen LogP contribution in [0, 0.1) is 34.6 Å². The Morgan fingerprint density at radius 3 is 1.98 bits per heavy atom. The van der Waals surface area contributed by atoms with E-state index in [4.69, 9.17) is 9.98 Å². The molecule has 0 spiro atoms. The van der Waals surface area contributed by atoms with Crippen molar-refractivity contribution in [2.45, 2.75) is 100.0 Å². The second-order valence-electron chi connectivity index (χ2n) is 14.6. The quantitative estimate of drug-likeness (QED) is 0.217. The van der Waals surface area contributed by atoms with E-state index >= 15 is 0 Å². The number of allylic oxidation sites excluding steroid dienone is 4. The highest BCUT2D eigenvalue weighted by atomic mass is 14.9. The van der Waals surface area contributed by atoms with Gasteiger partial charge in [0.15, 0.2) is 0 Å². The summed E-state index contributed by atoms with van der Waals surface area (Å²) in [4.78, 5) is 19.1.